The van der Waals surface area contributed by atoms with Crippen LogP contribution in [0, 0.1) is 11.3 Å². The molecule has 0 aromatic rings. The molecule has 0 saturated carbocycles. The molecule has 0 aromatic carbocycles. The molecule has 1 rings (SSSR count). The molecule has 0 radical (unpaired) electrons. The van der Waals surface area contributed by atoms with Gasteiger partial charge in [-0.3, -0.25) is 9.59 Å². The highest BCUT2D eigenvalue weighted by atomic mass is 16.4. The molecule has 0 bridgehead atoms. The van der Waals surface area contributed by atoms with Crippen LogP contribution < -0.4 is 10.6 Å². The van der Waals surface area contributed by atoms with Crippen LogP contribution in [0.4, 0.5) is 0 Å². The molecule has 1 heterocycles. The number of rotatable bonds is 8. The Morgan fingerprint density at radius 3 is 2.68 bits per heavy atom. The van der Waals surface area contributed by atoms with Gasteiger partial charge in [0.15, 0.2) is 0 Å². The lowest BCUT2D eigenvalue weighted by Crippen LogP contribution is -2.41. The van der Waals surface area contributed by atoms with Crippen LogP contribution in [0.3, 0.4) is 0 Å². The number of carbonyl (C=O) groups excluding carboxylic acids is 1. The molecular weight excluding hydrogens is 244 g/mol. The third-order valence-electron chi connectivity index (χ3n) is 4.10. The van der Waals surface area contributed by atoms with Crippen molar-refractivity contribution in [2.75, 3.05) is 19.6 Å². The molecular formula is C14H26N2O3. The largest absolute Gasteiger partial charge is 0.481 e. The first-order valence-corrected chi connectivity index (χ1v) is 7.19. The summed E-state index contributed by atoms with van der Waals surface area (Å²) in [6.07, 6.45) is 3.62. The summed E-state index contributed by atoms with van der Waals surface area (Å²) in [5.74, 6) is -0.247. The van der Waals surface area contributed by atoms with Gasteiger partial charge in [-0.05, 0) is 38.6 Å². The second-order valence-electron chi connectivity index (χ2n) is 5.74. The van der Waals surface area contributed by atoms with Crippen LogP contribution >= 0.6 is 0 Å². The monoisotopic (exact) mass is 270 g/mol. The van der Waals surface area contributed by atoms with Crippen molar-refractivity contribution in [1.82, 2.24) is 10.6 Å². The summed E-state index contributed by atoms with van der Waals surface area (Å²) in [6, 6.07) is 0. The normalized spacial score (nSPS) is 24.1. The van der Waals surface area contributed by atoms with E-state index in [2.05, 4.69) is 17.6 Å². The smallest absolute Gasteiger partial charge is 0.303 e. The van der Waals surface area contributed by atoms with E-state index in [4.69, 9.17) is 5.11 Å². The second kappa shape index (κ2) is 7.48. The van der Waals surface area contributed by atoms with E-state index in [1.165, 1.54) is 0 Å². The average molecular weight is 270 g/mol. The summed E-state index contributed by atoms with van der Waals surface area (Å²) in [4.78, 5) is 22.6. The van der Waals surface area contributed by atoms with Gasteiger partial charge in [0.1, 0.15) is 0 Å². The number of aliphatic carboxylic acids is 1. The van der Waals surface area contributed by atoms with Crippen molar-refractivity contribution in [2.24, 2.45) is 11.3 Å². The van der Waals surface area contributed by atoms with Gasteiger partial charge in [0.05, 0.1) is 5.41 Å². The molecule has 1 saturated heterocycles. The van der Waals surface area contributed by atoms with Crippen molar-refractivity contribution in [2.45, 2.75) is 46.0 Å². The molecule has 1 fully saturated rings. The maximum Gasteiger partial charge on any atom is 0.303 e. The topological polar surface area (TPSA) is 78.4 Å². The third kappa shape index (κ3) is 5.19. The minimum absolute atomic E-state index is 0.116. The van der Waals surface area contributed by atoms with Gasteiger partial charge in [0.25, 0.3) is 0 Å². The molecule has 19 heavy (non-hydrogen) atoms. The van der Waals surface area contributed by atoms with Gasteiger partial charge in [-0.25, -0.2) is 0 Å². The summed E-state index contributed by atoms with van der Waals surface area (Å²) in [7, 11) is 0. The van der Waals surface area contributed by atoms with Crippen molar-refractivity contribution < 1.29 is 14.7 Å². The van der Waals surface area contributed by atoms with Crippen molar-refractivity contribution in [3.63, 3.8) is 0 Å². The minimum atomic E-state index is -0.743. The Kier molecular flexibility index (Phi) is 6.28. The molecule has 0 aliphatic carbocycles. The molecule has 0 spiro atoms. The summed E-state index contributed by atoms with van der Waals surface area (Å²) in [5.41, 5.74) is -0.275. The molecule has 2 unspecified atom stereocenters. The number of carbonyl (C=O) groups is 2. The summed E-state index contributed by atoms with van der Waals surface area (Å²) in [5, 5.41) is 14.9. The molecule has 1 amide bonds. The van der Waals surface area contributed by atoms with E-state index in [-0.39, 0.29) is 17.7 Å². The van der Waals surface area contributed by atoms with Gasteiger partial charge in [0, 0.05) is 19.5 Å². The second-order valence-corrected chi connectivity index (χ2v) is 5.74. The quantitative estimate of drug-likeness (QED) is 0.622. The number of carboxylic acid groups (broad SMARTS) is 1. The van der Waals surface area contributed by atoms with Crippen molar-refractivity contribution in [1.29, 1.82) is 0 Å². The Morgan fingerprint density at radius 2 is 2.16 bits per heavy atom. The van der Waals surface area contributed by atoms with Gasteiger partial charge in [0.2, 0.25) is 5.91 Å². The summed E-state index contributed by atoms with van der Waals surface area (Å²) in [6.45, 7) is 6.35. The average Bonchev–Trinajstić information content (AvgIpc) is 2.81. The Bertz CT molecular complexity index is 312. The molecule has 5 nitrogen and oxygen atoms in total. The zero-order valence-electron chi connectivity index (χ0n) is 12.0. The highest BCUT2D eigenvalue weighted by Crippen LogP contribution is 2.24. The van der Waals surface area contributed by atoms with Crippen molar-refractivity contribution in [3.8, 4) is 0 Å². The summed E-state index contributed by atoms with van der Waals surface area (Å²) < 4.78 is 0. The number of nitrogens with one attached hydrogen (secondary N) is 2. The standard InChI is InChI=1S/C14H26N2O3/c1-3-11(4-5-12(17)18)6-8-16-13(19)14(2)7-9-15-10-14/h11,15H,3-10H2,1-2H3,(H,16,19)(H,17,18). The Hall–Kier alpha value is -1.10. The fourth-order valence-corrected chi connectivity index (χ4v) is 2.49. The van der Waals surface area contributed by atoms with Crippen LogP contribution in [0.5, 0.6) is 0 Å². The number of hydrogen-bond donors (Lipinski definition) is 3. The third-order valence-corrected chi connectivity index (χ3v) is 4.10. The van der Waals surface area contributed by atoms with E-state index in [0.29, 0.717) is 18.9 Å². The maximum absolute atomic E-state index is 12.1. The number of hydrogen-bond acceptors (Lipinski definition) is 3. The van der Waals surface area contributed by atoms with E-state index in [0.717, 1.165) is 32.4 Å². The van der Waals surface area contributed by atoms with Crippen LogP contribution in [0.2, 0.25) is 0 Å². The first-order valence-electron chi connectivity index (χ1n) is 7.19. The minimum Gasteiger partial charge on any atom is -0.481 e. The van der Waals surface area contributed by atoms with Gasteiger partial charge in [-0.2, -0.15) is 0 Å². The predicted octanol–water partition coefficient (Wildman–Crippen LogP) is 1.38. The number of carboxylic acids is 1. The Balaban J connectivity index is 2.24. The van der Waals surface area contributed by atoms with Crippen LogP contribution in [-0.2, 0) is 9.59 Å². The molecule has 0 aromatic heterocycles. The molecule has 5 heteroatoms. The first-order chi connectivity index (χ1) is 8.98. The summed E-state index contributed by atoms with van der Waals surface area (Å²) >= 11 is 0. The van der Waals surface area contributed by atoms with Crippen LogP contribution in [0.1, 0.15) is 46.0 Å². The van der Waals surface area contributed by atoms with Crippen LogP contribution in [0.15, 0.2) is 0 Å². The van der Waals surface area contributed by atoms with Crippen LogP contribution in [0.25, 0.3) is 0 Å². The van der Waals surface area contributed by atoms with E-state index in [9.17, 15) is 9.59 Å². The van der Waals surface area contributed by atoms with E-state index < -0.39 is 5.97 Å². The van der Waals surface area contributed by atoms with Gasteiger partial charge in [-0.1, -0.05) is 13.3 Å². The zero-order chi connectivity index (χ0) is 14.3. The van der Waals surface area contributed by atoms with Gasteiger partial charge in [-0.15, -0.1) is 0 Å². The molecule has 110 valence electrons. The Labute approximate surface area is 115 Å². The lowest BCUT2D eigenvalue weighted by molar-refractivity contribution is -0.137. The van der Waals surface area contributed by atoms with E-state index in [1.807, 2.05) is 6.92 Å². The van der Waals surface area contributed by atoms with Crippen molar-refractivity contribution in [3.05, 3.63) is 0 Å². The maximum atomic E-state index is 12.1. The van der Waals surface area contributed by atoms with Crippen LogP contribution in [-0.4, -0.2) is 36.6 Å². The molecule has 3 N–H and O–H groups in total. The van der Waals surface area contributed by atoms with Crippen molar-refractivity contribution >= 4 is 11.9 Å². The lowest BCUT2D eigenvalue weighted by atomic mass is 9.88. The Morgan fingerprint density at radius 1 is 1.42 bits per heavy atom. The van der Waals surface area contributed by atoms with E-state index in [1.54, 1.807) is 0 Å². The molecule has 1 aliphatic rings. The van der Waals surface area contributed by atoms with Gasteiger partial charge < -0.3 is 15.7 Å². The fraction of sp³-hybridized carbons (Fsp3) is 0.857. The molecule has 2 atom stereocenters. The van der Waals surface area contributed by atoms with Gasteiger partial charge >= 0.3 is 5.97 Å². The highest BCUT2D eigenvalue weighted by molar-refractivity contribution is 5.82. The zero-order valence-corrected chi connectivity index (χ0v) is 12.0. The molecule has 1 aliphatic heterocycles. The fourth-order valence-electron chi connectivity index (χ4n) is 2.49. The number of amides is 1. The predicted molar refractivity (Wildman–Crippen MR) is 73.9 cm³/mol. The highest BCUT2D eigenvalue weighted by Gasteiger charge is 2.35. The van der Waals surface area contributed by atoms with E-state index >= 15 is 0 Å². The SMILES string of the molecule is CCC(CCNC(=O)C1(C)CCNC1)CCC(=O)O. The first kappa shape index (κ1) is 16.0. The lowest BCUT2D eigenvalue weighted by Gasteiger charge is -2.22.